The third-order valence-electron chi connectivity index (χ3n) is 2.67. The Morgan fingerprint density at radius 2 is 2.14 bits per heavy atom. The molecule has 0 aliphatic heterocycles. The fraction of sp³-hybridized carbons (Fsp3) is 0.200. The van der Waals surface area contributed by atoms with Crippen LogP contribution in [-0.2, 0) is 0 Å². The molecule has 2 rings (SSSR count). The quantitative estimate of drug-likeness (QED) is 0.729. The normalized spacial score (nSPS) is 11.7. The van der Waals surface area contributed by atoms with E-state index in [1.165, 1.54) is 11.3 Å². The van der Waals surface area contributed by atoms with Gasteiger partial charge in [-0.1, -0.05) is 41.1 Å². The molecular formula is C15H17ClN4S. The van der Waals surface area contributed by atoms with Gasteiger partial charge in [0.15, 0.2) is 5.13 Å². The number of anilines is 1. The number of hydrogen-bond donors (Lipinski definition) is 3. The van der Waals surface area contributed by atoms with E-state index in [0.29, 0.717) is 22.3 Å². The van der Waals surface area contributed by atoms with Gasteiger partial charge >= 0.3 is 0 Å². The van der Waals surface area contributed by atoms with Gasteiger partial charge in [0.2, 0.25) is 0 Å². The number of nitrogens with two attached hydrogens (primary N) is 1. The zero-order valence-electron chi connectivity index (χ0n) is 11.9. The second-order valence-corrected chi connectivity index (χ2v) is 6.26. The molecule has 1 aromatic carbocycles. The molecule has 0 unspecified atom stereocenters. The van der Waals surface area contributed by atoms with Crippen LogP contribution in [0.5, 0.6) is 0 Å². The third kappa shape index (κ3) is 4.06. The second-order valence-electron chi connectivity index (χ2n) is 4.82. The number of rotatable bonds is 5. The molecule has 2 aromatic rings. The summed E-state index contributed by atoms with van der Waals surface area (Å²) in [4.78, 5) is 5.09. The van der Waals surface area contributed by atoms with Crippen molar-refractivity contribution >= 4 is 39.5 Å². The van der Waals surface area contributed by atoms with Gasteiger partial charge in [0.25, 0.3) is 0 Å². The molecule has 0 saturated carbocycles. The monoisotopic (exact) mass is 320 g/mol. The van der Waals surface area contributed by atoms with Crippen LogP contribution < -0.4 is 11.1 Å². The van der Waals surface area contributed by atoms with Crippen molar-refractivity contribution in [2.45, 2.75) is 19.9 Å². The van der Waals surface area contributed by atoms with Gasteiger partial charge in [0, 0.05) is 22.8 Å². The Balaban J connectivity index is 2.19. The summed E-state index contributed by atoms with van der Waals surface area (Å²) in [5.74, 6) is 0. The fourth-order valence-corrected chi connectivity index (χ4v) is 2.83. The van der Waals surface area contributed by atoms with Gasteiger partial charge in [-0.2, -0.15) is 0 Å². The van der Waals surface area contributed by atoms with E-state index in [2.05, 4.69) is 10.3 Å². The van der Waals surface area contributed by atoms with Crippen LogP contribution in [-0.4, -0.2) is 16.7 Å². The number of benzene rings is 1. The van der Waals surface area contributed by atoms with Crippen LogP contribution in [0.3, 0.4) is 0 Å². The van der Waals surface area contributed by atoms with Crippen LogP contribution >= 0.6 is 22.9 Å². The Bertz CT molecular complexity index is 676. The van der Waals surface area contributed by atoms with Gasteiger partial charge in [0.05, 0.1) is 16.3 Å². The zero-order valence-corrected chi connectivity index (χ0v) is 13.4. The molecule has 0 aliphatic rings. The Labute approximate surface area is 133 Å². The number of thiazole rings is 1. The molecule has 4 nitrogen and oxygen atoms in total. The molecule has 110 valence electrons. The summed E-state index contributed by atoms with van der Waals surface area (Å²) in [5.41, 5.74) is 7.50. The minimum atomic E-state index is 0.282. The highest BCUT2D eigenvalue weighted by Crippen LogP contribution is 2.24. The third-order valence-corrected chi connectivity index (χ3v) is 3.97. The van der Waals surface area contributed by atoms with Gasteiger partial charge in [-0.25, -0.2) is 4.98 Å². The maximum Gasteiger partial charge on any atom is 0.183 e. The van der Waals surface area contributed by atoms with Gasteiger partial charge in [0.1, 0.15) is 0 Å². The van der Waals surface area contributed by atoms with E-state index in [1.807, 2.05) is 26.0 Å². The number of aromatic nitrogens is 1. The first kappa shape index (κ1) is 15.5. The van der Waals surface area contributed by atoms with Crippen molar-refractivity contribution in [1.82, 2.24) is 4.98 Å². The minimum Gasteiger partial charge on any atom is -0.397 e. The molecule has 0 atom stereocenters. The zero-order chi connectivity index (χ0) is 15.4. The van der Waals surface area contributed by atoms with Crippen molar-refractivity contribution in [1.29, 1.82) is 5.41 Å². The van der Waals surface area contributed by atoms with Crippen molar-refractivity contribution in [2.24, 2.45) is 5.73 Å². The van der Waals surface area contributed by atoms with Crippen molar-refractivity contribution in [3.8, 4) is 0 Å². The predicted octanol–water partition coefficient (Wildman–Crippen LogP) is 3.98. The summed E-state index contributed by atoms with van der Waals surface area (Å²) < 4.78 is 0. The lowest BCUT2D eigenvalue weighted by Gasteiger charge is -2.04. The van der Waals surface area contributed by atoms with Gasteiger partial charge < -0.3 is 16.5 Å². The van der Waals surface area contributed by atoms with Crippen LogP contribution in [0.4, 0.5) is 5.13 Å². The Hall–Kier alpha value is -1.85. The predicted molar refractivity (Wildman–Crippen MR) is 91.3 cm³/mol. The largest absolute Gasteiger partial charge is 0.397 e. The number of nitrogens with zero attached hydrogens (tertiary/aromatic N) is 1. The second kappa shape index (κ2) is 6.74. The number of hydrogen-bond acceptors (Lipinski definition) is 5. The van der Waals surface area contributed by atoms with Crippen molar-refractivity contribution in [3.05, 3.63) is 52.0 Å². The SMILES string of the molecule is CC(C)Nc1ncc(C(N)=CC(=N)c2ccccc2Cl)s1. The molecule has 0 radical (unpaired) electrons. The average Bonchev–Trinajstić information content (AvgIpc) is 2.86. The summed E-state index contributed by atoms with van der Waals surface area (Å²) in [6, 6.07) is 7.55. The van der Waals surface area contributed by atoms with E-state index < -0.39 is 0 Å². The van der Waals surface area contributed by atoms with E-state index in [4.69, 9.17) is 22.7 Å². The molecule has 1 aromatic heterocycles. The molecule has 1 heterocycles. The standard InChI is InChI=1S/C15H17ClN4S/c1-9(2)20-15-19-8-14(21-15)13(18)7-12(17)10-5-3-4-6-11(10)16/h3-9,17H,18H2,1-2H3,(H,19,20). The lowest BCUT2D eigenvalue weighted by Crippen LogP contribution is -2.08. The lowest BCUT2D eigenvalue weighted by molar-refractivity contribution is 0.896. The van der Waals surface area contributed by atoms with Crippen LogP contribution in [0.25, 0.3) is 5.70 Å². The molecule has 4 N–H and O–H groups in total. The van der Waals surface area contributed by atoms with Gasteiger partial charge in [-0.3, -0.25) is 0 Å². The summed E-state index contributed by atoms with van der Waals surface area (Å²) in [5, 5.41) is 12.7. The first-order chi connectivity index (χ1) is 9.97. The van der Waals surface area contributed by atoms with E-state index >= 15 is 0 Å². The van der Waals surface area contributed by atoms with Gasteiger partial charge in [-0.15, -0.1) is 0 Å². The summed E-state index contributed by atoms with van der Waals surface area (Å²) >= 11 is 7.54. The molecule has 6 heteroatoms. The molecule has 0 amide bonds. The molecular weight excluding hydrogens is 304 g/mol. The summed E-state index contributed by atoms with van der Waals surface area (Å²) in [6.45, 7) is 4.10. The molecule has 0 aliphatic carbocycles. The van der Waals surface area contributed by atoms with E-state index in [9.17, 15) is 0 Å². The maximum atomic E-state index is 8.10. The van der Waals surface area contributed by atoms with Gasteiger partial charge in [-0.05, 0) is 26.0 Å². The average molecular weight is 321 g/mol. The number of nitrogens with one attached hydrogen (secondary N) is 2. The highest BCUT2D eigenvalue weighted by molar-refractivity contribution is 7.16. The molecule has 0 spiro atoms. The highest BCUT2D eigenvalue weighted by atomic mass is 35.5. The Morgan fingerprint density at radius 1 is 1.43 bits per heavy atom. The van der Waals surface area contributed by atoms with E-state index in [-0.39, 0.29) is 5.71 Å². The minimum absolute atomic E-state index is 0.282. The van der Waals surface area contributed by atoms with Crippen LogP contribution in [0, 0.1) is 5.41 Å². The Kier molecular flexibility index (Phi) is 4.98. The van der Waals surface area contributed by atoms with E-state index in [0.717, 1.165) is 10.0 Å². The van der Waals surface area contributed by atoms with E-state index in [1.54, 1.807) is 24.4 Å². The topological polar surface area (TPSA) is 74.8 Å². The lowest BCUT2D eigenvalue weighted by atomic mass is 10.1. The van der Waals surface area contributed by atoms with Crippen LogP contribution in [0.15, 0.2) is 36.5 Å². The summed E-state index contributed by atoms with van der Waals surface area (Å²) in [7, 11) is 0. The molecule has 0 saturated heterocycles. The maximum absolute atomic E-state index is 8.10. The molecule has 0 fully saturated rings. The smallest absolute Gasteiger partial charge is 0.183 e. The van der Waals surface area contributed by atoms with Crippen molar-refractivity contribution in [3.63, 3.8) is 0 Å². The van der Waals surface area contributed by atoms with Crippen LogP contribution in [0.2, 0.25) is 5.02 Å². The highest BCUT2D eigenvalue weighted by Gasteiger charge is 2.08. The molecule has 0 bridgehead atoms. The van der Waals surface area contributed by atoms with Crippen molar-refractivity contribution in [2.75, 3.05) is 5.32 Å². The first-order valence-corrected chi connectivity index (χ1v) is 7.70. The Morgan fingerprint density at radius 3 is 2.81 bits per heavy atom. The molecule has 21 heavy (non-hydrogen) atoms. The fourth-order valence-electron chi connectivity index (χ4n) is 1.71. The van der Waals surface area contributed by atoms with Crippen molar-refractivity contribution < 1.29 is 0 Å². The number of halogens is 1. The number of allylic oxidation sites excluding steroid dienone is 1. The summed E-state index contributed by atoms with van der Waals surface area (Å²) in [6.07, 6.45) is 3.31. The first-order valence-electron chi connectivity index (χ1n) is 6.50. The van der Waals surface area contributed by atoms with Crippen LogP contribution in [0.1, 0.15) is 24.3 Å².